The van der Waals surface area contributed by atoms with Crippen molar-refractivity contribution in [2.24, 2.45) is 0 Å². The van der Waals surface area contributed by atoms with Crippen molar-refractivity contribution in [1.82, 2.24) is 19.7 Å². The molecule has 7 nitrogen and oxygen atoms in total. The lowest BCUT2D eigenvalue weighted by Crippen LogP contribution is -2.44. The van der Waals surface area contributed by atoms with E-state index in [1.807, 2.05) is 38.1 Å². The van der Waals surface area contributed by atoms with Crippen LogP contribution in [0.15, 0.2) is 24.3 Å². The molecule has 2 amide bonds. The van der Waals surface area contributed by atoms with Crippen molar-refractivity contribution in [3.63, 3.8) is 0 Å². The van der Waals surface area contributed by atoms with Crippen LogP contribution in [0.3, 0.4) is 0 Å². The molecule has 1 aliphatic heterocycles. The normalized spacial score (nSPS) is 18.0. The number of hydrogen-bond acceptors (Lipinski definition) is 4. The van der Waals surface area contributed by atoms with Crippen LogP contribution in [0.5, 0.6) is 0 Å². The summed E-state index contributed by atoms with van der Waals surface area (Å²) in [6, 6.07) is 7.28. The smallest absolute Gasteiger partial charge is 0.321 e. The topological polar surface area (TPSA) is 83.3 Å². The van der Waals surface area contributed by atoms with Crippen molar-refractivity contribution in [1.29, 1.82) is 0 Å². The number of para-hydroxylation sites is 2. The molecule has 7 heteroatoms. The minimum atomic E-state index is -0.440. The molecule has 23 heavy (non-hydrogen) atoms. The van der Waals surface area contributed by atoms with Crippen molar-refractivity contribution in [3.8, 4) is 5.69 Å². The molecule has 3 rings (SSSR count). The van der Waals surface area contributed by atoms with Crippen LogP contribution in [-0.4, -0.2) is 50.0 Å². The van der Waals surface area contributed by atoms with E-state index in [4.69, 9.17) is 0 Å². The second-order valence-electron chi connectivity index (χ2n) is 5.81. The lowest BCUT2D eigenvalue weighted by Gasteiger charge is -2.30. The summed E-state index contributed by atoms with van der Waals surface area (Å²) in [5.74, 6) is 1.44. The summed E-state index contributed by atoms with van der Waals surface area (Å²) < 4.78 is 1.72. The van der Waals surface area contributed by atoms with E-state index in [2.05, 4.69) is 15.4 Å². The highest BCUT2D eigenvalue weighted by molar-refractivity contribution is 5.91. The number of aliphatic hydroxyl groups excluding tert-OH is 1. The Morgan fingerprint density at radius 3 is 2.83 bits per heavy atom. The van der Waals surface area contributed by atoms with Crippen LogP contribution < -0.4 is 5.32 Å². The Morgan fingerprint density at radius 2 is 2.13 bits per heavy atom. The number of amides is 2. The number of aromatic nitrogens is 3. The fourth-order valence-corrected chi connectivity index (χ4v) is 2.85. The zero-order valence-electron chi connectivity index (χ0n) is 13.4. The van der Waals surface area contributed by atoms with Gasteiger partial charge in [0.15, 0.2) is 0 Å². The largest absolute Gasteiger partial charge is 0.391 e. The van der Waals surface area contributed by atoms with Crippen molar-refractivity contribution in [2.75, 3.05) is 18.4 Å². The van der Waals surface area contributed by atoms with Gasteiger partial charge in [-0.1, -0.05) is 12.1 Å². The molecule has 1 unspecified atom stereocenters. The first kappa shape index (κ1) is 15.5. The highest BCUT2D eigenvalue weighted by Gasteiger charge is 2.23. The highest BCUT2D eigenvalue weighted by Crippen LogP contribution is 2.21. The first-order valence-electron chi connectivity index (χ1n) is 7.78. The summed E-state index contributed by atoms with van der Waals surface area (Å²) in [4.78, 5) is 18.4. The zero-order chi connectivity index (χ0) is 16.4. The van der Waals surface area contributed by atoms with E-state index in [0.717, 1.165) is 24.4 Å². The monoisotopic (exact) mass is 315 g/mol. The van der Waals surface area contributed by atoms with E-state index in [0.29, 0.717) is 24.6 Å². The van der Waals surface area contributed by atoms with Crippen molar-refractivity contribution >= 4 is 11.7 Å². The fourth-order valence-electron chi connectivity index (χ4n) is 2.85. The molecule has 1 aliphatic rings. The molecular weight excluding hydrogens is 294 g/mol. The second-order valence-corrected chi connectivity index (χ2v) is 5.81. The van der Waals surface area contributed by atoms with Crippen LogP contribution in [0, 0.1) is 13.8 Å². The molecule has 1 atom stereocenters. The summed E-state index contributed by atoms with van der Waals surface area (Å²) in [6.45, 7) is 4.74. The van der Waals surface area contributed by atoms with Gasteiger partial charge in [0.05, 0.1) is 17.5 Å². The first-order chi connectivity index (χ1) is 11.0. The van der Waals surface area contributed by atoms with Crippen molar-refractivity contribution in [2.45, 2.75) is 32.8 Å². The SMILES string of the molecule is Cc1nc(C)n(-c2ccccc2NC(=O)N2CCCC(O)C2)n1. The van der Waals surface area contributed by atoms with Gasteiger partial charge in [-0.2, -0.15) is 5.10 Å². The first-order valence-corrected chi connectivity index (χ1v) is 7.78. The summed E-state index contributed by atoms with van der Waals surface area (Å²) in [5, 5.41) is 17.0. The molecule has 122 valence electrons. The van der Waals surface area contributed by atoms with Crippen LogP contribution in [0.2, 0.25) is 0 Å². The number of anilines is 1. The maximum absolute atomic E-state index is 12.4. The number of nitrogens with zero attached hydrogens (tertiary/aromatic N) is 4. The third kappa shape index (κ3) is 3.34. The zero-order valence-corrected chi connectivity index (χ0v) is 13.4. The minimum absolute atomic E-state index is 0.203. The number of aliphatic hydroxyl groups is 1. The van der Waals surface area contributed by atoms with E-state index < -0.39 is 6.10 Å². The second kappa shape index (κ2) is 6.37. The van der Waals surface area contributed by atoms with Gasteiger partial charge in [-0.3, -0.25) is 0 Å². The predicted octanol–water partition coefficient (Wildman–Crippen LogP) is 1.87. The van der Waals surface area contributed by atoms with E-state index in [-0.39, 0.29) is 6.03 Å². The van der Waals surface area contributed by atoms with Gasteiger partial charge < -0.3 is 15.3 Å². The number of likely N-dealkylation sites (tertiary alicyclic amines) is 1. The van der Waals surface area contributed by atoms with Crippen LogP contribution >= 0.6 is 0 Å². The summed E-state index contributed by atoms with van der Waals surface area (Å²) in [5.41, 5.74) is 1.45. The highest BCUT2D eigenvalue weighted by atomic mass is 16.3. The number of β-amino-alcohol motifs (C(OH)–C–C–N with tert-alkyl or cyclic N) is 1. The third-order valence-electron chi connectivity index (χ3n) is 3.93. The van der Waals surface area contributed by atoms with Crippen LogP contribution in [0.4, 0.5) is 10.5 Å². The van der Waals surface area contributed by atoms with Crippen LogP contribution in [0.1, 0.15) is 24.5 Å². The van der Waals surface area contributed by atoms with Gasteiger partial charge in [0.25, 0.3) is 0 Å². The van der Waals surface area contributed by atoms with E-state index >= 15 is 0 Å². The Morgan fingerprint density at radius 1 is 1.35 bits per heavy atom. The van der Waals surface area contributed by atoms with Gasteiger partial charge in [-0.05, 0) is 38.8 Å². The molecule has 0 bridgehead atoms. The molecule has 0 saturated carbocycles. The number of nitrogens with one attached hydrogen (secondary N) is 1. The molecule has 2 N–H and O–H groups in total. The standard InChI is InChI=1S/C16H21N5O2/c1-11-17-12(2)21(19-11)15-8-4-3-7-14(15)18-16(23)20-9-5-6-13(22)10-20/h3-4,7-8,13,22H,5-6,9-10H2,1-2H3,(H,18,23). The van der Waals surface area contributed by atoms with Crippen LogP contribution in [0.25, 0.3) is 5.69 Å². The molecule has 1 saturated heterocycles. The number of aryl methyl sites for hydroxylation is 2. The molecule has 2 heterocycles. The minimum Gasteiger partial charge on any atom is -0.391 e. The number of piperidine rings is 1. The molecule has 1 fully saturated rings. The average molecular weight is 315 g/mol. The van der Waals surface area contributed by atoms with E-state index in [1.54, 1.807) is 9.58 Å². The van der Waals surface area contributed by atoms with E-state index in [9.17, 15) is 9.90 Å². The molecule has 2 aromatic rings. The molecule has 0 aliphatic carbocycles. The molecular formula is C16H21N5O2. The number of rotatable bonds is 2. The Balaban J connectivity index is 1.83. The Kier molecular flexibility index (Phi) is 4.29. The predicted molar refractivity (Wildman–Crippen MR) is 86.7 cm³/mol. The Labute approximate surface area is 134 Å². The average Bonchev–Trinajstić information content (AvgIpc) is 2.86. The number of hydrogen-bond donors (Lipinski definition) is 2. The summed E-state index contributed by atoms with van der Waals surface area (Å²) in [6.07, 6.45) is 1.13. The molecule has 0 spiro atoms. The number of carbonyl (C=O) groups excluding carboxylic acids is 1. The van der Waals surface area contributed by atoms with Crippen LogP contribution in [-0.2, 0) is 0 Å². The van der Waals surface area contributed by atoms with Gasteiger partial charge in [-0.25, -0.2) is 14.5 Å². The number of carbonyl (C=O) groups is 1. The van der Waals surface area contributed by atoms with Gasteiger partial charge in [0.2, 0.25) is 0 Å². The lowest BCUT2D eigenvalue weighted by atomic mass is 10.1. The quantitative estimate of drug-likeness (QED) is 0.886. The molecule has 0 radical (unpaired) electrons. The van der Waals surface area contributed by atoms with Gasteiger partial charge in [0.1, 0.15) is 11.6 Å². The van der Waals surface area contributed by atoms with Crippen molar-refractivity contribution < 1.29 is 9.90 Å². The van der Waals surface area contributed by atoms with E-state index in [1.165, 1.54) is 0 Å². The van der Waals surface area contributed by atoms with Gasteiger partial charge >= 0.3 is 6.03 Å². The van der Waals surface area contributed by atoms with Gasteiger partial charge in [0, 0.05) is 13.1 Å². The fraction of sp³-hybridized carbons (Fsp3) is 0.438. The Bertz CT molecular complexity index is 712. The van der Waals surface area contributed by atoms with Crippen molar-refractivity contribution in [3.05, 3.63) is 35.9 Å². The Hall–Kier alpha value is -2.41. The third-order valence-corrected chi connectivity index (χ3v) is 3.93. The maximum Gasteiger partial charge on any atom is 0.321 e. The molecule has 1 aromatic carbocycles. The number of urea groups is 1. The number of benzene rings is 1. The summed E-state index contributed by atoms with van der Waals surface area (Å²) in [7, 11) is 0. The lowest BCUT2D eigenvalue weighted by molar-refractivity contribution is 0.0883. The maximum atomic E-state index is 12.4. The summed E-state index contributed by atoms with van der Waals surface area (Å²) >= 11 is 0. The van der Waals surface area contributed by atoms with Gasteiger partial charge in [-0.15, -0.1) is 0 Å². The molecule has 1 aromatic heterocycles.